The number of phenols is 1. The molecule has 4 heteroatoms. The first-order valence-corrected chi connectivity index (χ1v) is 5.63. The standard InChI is InChI=1S/C13H17N3O/c1-7(2)9-5-10(12(17)4-8(9)3)11-6-15-16-13(11)14/h4-7,17H,1-3H3,(H3,14,15,16). The molecule has 0 aliphatic rings. The second kappa shape index (κ2) is 4.13. The van der Waals surface area contributed by atoms with Gasteiger partial charge in [-0.15, -0.1) is 0 Å². The molecule has 90 valence electrons. The molecule has 0 unspecified atom stereocenters. The van der Waals surface area contributed by atoms with Crippen LogP contribution in [0.2, 0.25) is 0 Å². The summed E-state index contributed by atoms with van der Waals surface area (Å²) in [6, 6.07) is 3.76. The summed E-state index contributed by atoms with van der Waals surface area (Å²) in [6.07, 6.45) is 1.63. The molecule has 4 N–H and O–H groups in total. The Morgan fingerprint density at radius 1 is 1.29 bits per heavy atom. The molecule has 0 bridgehead atoms. The maximum absolute atomic E-state index is 10.00. The topological polar surface area (TPSA) is 74.9 Å². The molecule has 2 rings (SSSR count). The quantitative estimate of drug-likeness (QED) is 0.744. The average Bonchev–Trinajstić information content (AvgIpc) is 2.64. The zero-order valence-corrected chi connectivity index (χ0v) is 10.3. The highest BCUT2D eigenvalue weighted by molar-refractivity contribution is 5.78. The van der Waals surface area contributed by atoms with E-state index in [2.05, 4.69) is 24.0 Å². The molecular weight excluding hydrogens is 214 g/mol. The van der Waals surface area contributed by atoms with E-state index >= 15 is 0 Å². The monoisotopic (exact) mass is 231 g/mol. The van der Waals surface area contributed by atoms with Crippen LogP contribution in [-0.4, -0.2) is 15.3 Å². The molecule has 0 radical (unpaired) electrons. The number of hydrogen-bond acceptors (Lipinski definition) is 3. The lowest BCUT2D eigenvalue weighted by atomic mass is 9.93. The fourth-order valence-corrected chi connectivity index (χ4v) is 2.06. The molecular formula is C13H17N3O. The zero-order valence-electron chi connectivity index (χ0n) is 10.3. The molecule has 17 heavy (non-hydrogen) atoms. The van der Waals surface area contributed by atoms with Gasteiger partial charge in [0.2, 0.25) is 0 Å². The Morgan fingerprint density at radius 3 is 2.53 bits per heavy atom. The number of nitrogens with zero attached hydrogens (tertiary/aromatic N) is 1. The number of aromatic hydroxyl groups is 1. The first-order chi connectivity index (χ1) is 8.00. The molecule has 1 aromatic carbocycles. The van der Waals surface area contributed by atoms with Crippen LogP contribution in [0.25, 0.3) is 11.1 Å². The first kappa shape index (κ1) is 11.5. The molecule has 0 atom stereocenters. The van der Waals surface area contributed by atoms with E-state index in [0.29, 0.717) is 11.7 Å². The summed E-state index contributed by atoms with van der Waals surface area (Å²) in [5, 5.41) is 16.5. The van der Waals surface area contributed by atoms with Crippen LogP contribution in [0.1, 0.15) is 30.9 Å². The Hall–Kier alpha value is -1.97. The van der Waals surface area contributed by atoms with Crippen LogP contribution < -0.4 is 5.73 Å². The number of nitrogen functional groups attached to an aromatic ring is 1. The van der Waals surface area contributed by atoms with Gasteiger partial charge in [-0.05, 0) is 36.1 Å². The number of aryl methyl sites for hydroxylation is 1. The minimum Gasteiger partial charge on any atom is -0.507 e. The predicted molar refractivity (Wildman–Crippen MR) is 68.9 cm³/mol. The number of hydrogen-bond donors (Lipinski definition) is 3. The lowest BCUT2D eigenvalue weighted by molar-refractivity contribution is 0.476. The van der Waals surface area contributed by atoms with E-state index < -0.39 is 0 Å². The summed E-state index contributed by atoms with van der Waals surface area (Å²) in [5.41, 5.74) is 9.54. The van der Waals surface area contributed by atoms with Crippen molar-refractivity contribution in [1.82, 2.24) is 10.2 Å². The Labute approximate surface area is 100 Å². The smallest absolute Gasteiger partial charge is 0.126 e. The predicted octanol–water partition coefficient (Wildman–Crippen LogP) is 2.80. The third kappa shape index (κ3) is 1.98. The second-order valence-electron chi connectivity index (χ2n) is 4.58. The Balaban J connectivity index is 2.63. The Kier molecular flexibility index (Phi) is 2.79. The van der Waals surface area contributed by atoms with Crippen LogP contribution in [-0.2, 0) is 0 Å². The summed E-state index contributed by atoms with van der Waals surface area (Å²) >= 11 is 0. The maximum atomic E-state index is 10.00. The molecule has 0 spiro atoms. The SMILES string of the molecule is Cc1cc(O)c(-c2cn[nH]c2N)cc1C(C)C. The lowest BCUT2D eigenvalue weighted by Gasteiger charge is -2.13. The van der Waals surface area contributed by atoms with E-state index in [1.807, 2.05) is 13.0 Å². The van der Waals surface area contributed by atoms with Gasteiger partial charge in [0, 0.05) is 11.1 Å². The Morgan fingerprint density at radius 2 is 2.00 bits per heavy atom. The summed E-state index contributed by atoms with van der Waals surface area (Å²) < 4.78 is 0. The normalized spacial score (nSPS) is 11.1. The molecule has 0 amide bonds. The van der Waals surface area contributed by atoms with Crippen molar-refractivity contribution in [3.63, 3.8) is 0 Å². The molecule has 0 aliphatic carbocycles. The van der Waals surface area contributed by atoms with Gasteiger partial charge in [0.1, 0.15) is 11.6 Å². The van der Waals surface area contributed by atoms with E-state index in [-0.39, 0.29) is 5.75 Å². The summed E-state index contributed by atoms with van der Waals surface area (Å²) in [6.45, 7) is 6.25. The minimum absolute atomic E-state index is 0.236. The maximum Gasteiger partial charge on any atom is 0.126 e. The summed E-state index contributed by atoms with van der Waals surface area (Å²) in [5.74, 6) is 1.11. The summed E-state index contributed by atoms with van der Waals surface area (Å²) in [4.78, 5) is 0. The van der Waals surface area contributed by atoms with Crippen LogP contribution in [0.5, 0.6) is 5.75 Å². The van der Waals surface area contributed by atoms with Crippen molar-refractivity contribution < 1.29 is 5.11 Å². The van der Waals surface area contributed by atoms with Gasteiger partial charge in [-0.3, -0.25) is 5.10 Å². The van der Waals surface area contributed by atoms with Gasteiger partial charge in [0.05, 0.1) is 6.20 Å². The van der Waals surface area contributed by atoms with Crippen molar-refractivity contribution in [2.75, 3.05) is 5.73 Å². The number of nitrogens with two attached hydrogens (primary N) is 1. The van der Waals surface area contributed by atoms with Crippen molar-refractivity contribution in [2.45, 2.75) is 26.7 Å². The van der Waals surface area contributed by atoms with Crippen molar-refractivity contribution in [1.29, 1.82) is 0 Å². The van der Waals surface area contributed by atoms with Crippen LogP contribution in [0.4, 0.5) is 5.82 Å². The Bertz CT molecular complexity index is 544. The highest BCUT2D eigenvalue weighted by Gasteiger charge is 2.13. The fourth-order valence-electron chi connectivity index (χ4n) is 2.06. The number of benzene rings is 1. The van der Waals surface area contributed by atoms with Crippen molar-refractivity contribution in [2.24, 2.45) is 0 Å². The van der Waals surface area contributed by atoms with Gasteiger partial charge in [0.15, 0.2) is 0 Å². The number of H-pyrrole nitrogens is 1. The largest absolute Gasteiger partial charge is 0.507 e. The van der Waals surface area contributed by atoms with Crippen LogP contribution in [0, 0.1) is 6.92 Å². The van der Waals surface area contributed by atoms with Crippen LogP contribution in [0.3, 0.4) is 0 Å². The van der Waals surface area contributed by atoms with E-state index in [1.165, 1.54) is 5.56 Å². The van der Waals surface area contributed by atoms with Crippen LogP contribution >= 0.6 is 0 Å². The second-order valence-corrected chi connectivity index (χ2v) is 4.58. The molecule has 1 aromatic heterocycles. The number of rotatable bonds is 2. The molecule has 0 aliphatic heterocycles. The fraction of sp³-hybridized carbons (Fsp3) is 0.308. The third-order valence-corrected chi connectivity index (χ3v) is 2.97. The first-order valence-electron chi connectivity index (χ1n) is 5.63. The van der Waals surface area contributed by atoms with E-state index in [9.17, 15) is 5.11 Å². The van der Waals surface area contributed by atoms with Gasteiger partial charge in [-0.1, -0.05) is 13.8 Å². The van der Waals surface area contributed by atoms with E-state index in [0.717, 1.165) is 16.7 Å². The van der Waals surface area contributed by atoms with Gasteiger partial charge in [0.25, 0.3) is 0 Å². The third-order valence-electron chi connectivity index (χ3n) is 2.97. The van der Waals surface area contributed by atoms with E-state index in [1.54, 1.807) is 12.3 Å². The molecule has 0 fully saturated rings. The minimum atomic E-state index is 0.236. The van der Waals surface area contributed by atoms with Crippen LogP contribution in [0.15, 0.2) is 18.3 Å². The highest BCUT2D eigenvalue weighted by atomic mass is 16.3. The number of phenolic OH excluding ortho intramolecular Hbond substituents is 1. The molecule has 1 heterocycles. The van der Waals surface area contributed by atoms with E-state index in [4.69, 9.17) is 5.73 Å². The molecule has 4 nitrogen and oxygen atoms in total. The highest BCUT2D eigenvalue weighted by Crippen LogP contribution is 2.36. The number of nitrogens with one attached hydrogen (secondary N) is 1. The number of aromatic nitrogens is 2. The van der Waals surface area contributed by atoms with Crippen molar-refractivity contribution >= 4 is 5.82 Å². The average molecular weight is 231 g/mol. The number of anilines is 1. The lowest BCUT2D eigenvalue weighted by Crippen LogP contribution is -1.94. The van der Waals surface area contributed by atoms with Gasteiger partial charge >= 0.3 is 0 Å². The van der Waals surface area contributed by atoms with Gasteiger partial charge < -0.3 is 10.8 Å². The molecule has 0 saturated carbocycles. The zero-order chi connectivity index (χ0) is 12.6. The molecule has 0 saturated heterocycles. The summed E-state index contributed by atoms with van der Waals surface area (Å²) in [7, 11) is 0. The molecule has 2 aromatic rings. The van der Waals surface area contributed by atoms with Crippen molar-refractivity contribution in [3.05, 3.63) is 29.5 Å². The number of aromatic amines is 1. The van der Waals surface area contributed by atoms with Crippen molar-refractivity contribution in [3.8, 4) is 16.9 Å². The van der Waals surface area contributed by atoms with Gasteiger partial charge in [-0.25, -0.2) is 0 Å². The van der Waals surface area contributed by atoms with Gasteiger partial charge in [-0.2, -0.15) is 5.10 Å².